The van der Waals surface area contributed by atoms with Crippen molar-refractivity contribution in [3.05, 3.63) is 22.7 Å². The van der Waals surface area contributed by atoms with Gasteiger partial charge in [-0.15, -0.1) is 0 Å². The van der Waals surface area contributed by atoms with E-state index >= 15 is 0 Å². The molecule has 3 nitrogen and oxygen atoms in total. The van der Waals surface area contributed by atoms with Crippen LogP contribution in [0.15, 0.2) is 12.1 Å². The summed E-state index contributed by atoms with van der Waals surface area (Å²) >= 11 is 6.08. The molecule has 0 saturated heterocycles. The minimum absolute atomic E-state index is 0.189. The van der Waals surface area contributed by atoms with E-state index in [4.69, 9.17) is 16.3 Å². The van der Waals surface area contributed by atoms with Gasteiger partial charge in [0.15, 0.2) is 11.5 Å². The zero-order valence-corrected chi connectivity index (χ0v) is 13.5. The summed E-state index contributed by atoms with van der Waals surface area (Å²) in [6.07, 6.45) is 5.62. The van der Waals surface area contributed by atoms with Gasteiger partial charge in [0, 0.05) is 29.2 Å². The molecule has 2 aliphatic rings. The van der Waals surface area contributed by atoms with Gasteiger partial charge in [-0.05, 0) is 50.0 Å². The van der Waals surface area contributed by atoms with E-state index in [9.17, 15) is 5.11 Å². The van der Waals surface area contributed by atoms with Crippen molar-refractivity contribution in [3.63, 3.8) is 0 Å². The van der Waals surface area contributed by atoms with E-state index in [0.29, 0.717) is 23.4 Å². The molecule has 4 atom stereocenters. The summed E-state index contributed by atoms with van der Waals surface area (Å²) in [4.78, 5) is 0. The predicted molar refractivity (Wildman–Crippen MR) is 84.9 cm³/mol. The molecule has 2 N–H and O–H groups in total. The summed E-state index contributed by atoms with van der Waals surface area (Å²) in [7, 11) is 1.54. The lowest BCUT2D eigenvalue weighted by Gasteiger charge is -2.28. The van der Waals surface area contributed by atoms with Crippen molar-refractivity contribution in [3.8, 4) is 11.5 Å². The molecule has 2 aliphatic carbocycles. The van der Waals surface area contributed by atoms with Gasteiger partial charge in [0.05, 0.1) is 7.11 Å². The lowest BCUT2D eigenvalue weighted by molar-refractivity contribution is 0.258. The van der Waals surface area contributed by atoms with Crippen molar-refractivity contribution in [1.82, 2.24) is 5.32 Å². The first-order valence-corrected chi connectivity index (χ1v) is 8.25. The van der Waals surface area contributed by atoms with E-state index in [1.165, 1.54) is 25.7 Å². The van der Waals surface area contributed by atoms with Crippen LogP contribution < -0.4 is 10.1 Å². The molecule has 2 fully saturated rings. The third-order valence-electron chi connectivity index (χ3n) is 5.39. The normalized spacial score (nSPS) is 28.8. The number of nitrogens with one attached hydrogen (secondary N) is 1. The van der Waals surface area contributed by atoms with E-state index in [-0.39, 0.29) is 5.75 Å². The number of hydrogen-bond donors (Lipinski definition) is 2. The molecular weight excluding hydrogens is 286 g/mol. The van der Waals surface area contributed by atoms with Crippen molar-refractivity contribution in [2.75, 3.05) is 7.11 Å². The van der Waals surface area contributed by atoms with Gasteiger partial charge in [0.25, 0.3) is 0 Å². The number of phenols is 1. The molecule has 0 heterocycles. The molecular formula is C17H24ClNO2. The maximum absolute atomic E-state index is 10.2. The Balaban J connectivity index is 1.63. The van der Waals surface area contributed by atoms with Crippen molar-refractivity contribution in [2.24, 2.45) is 17.8 Å². The van der Waals surface area contributed by atoms with E-state index in [2.05, 4.69) is 12.2 Å². The lowest BCUT2D eigenvalue weighted by Crippen LogP contribution is -2.35. The Hall–Kier alpha value is -0.930. The first-order valence-electron chi connectivity index (χ1n) is 7.87. The van der Waals surface area contributed by atoms with Gasteiger partial charge in [-0.1, -0.05) is 18.0 Å². The number of fused-ring (bicyclic) bond motifs is 2. The number of methoxy groups -OCH3 is 1. The SMILES string of the molecule is COc1cc(Cl)cc(CNC(C)C2CC3CCC2C3)c1O. The Labute approximate surface area is 131 Å². The fraction of sp³-hybridized carbons (Fsp3) is 0.647. The zero-order chi connectivity index (χ0) is 15.0. The Morgan fingerprint density at radius 3 is 2.81 bits per heavy atom. The molecule has 2 bridgehead atoms. The van der Waals surface area contributed by atoms with Crippen molar-refractivity contribution in [2.45, 2.75) is 45.2 Å². The molecule has 1 aromatic carbocycles. The Kier molecular flexibility index (Phi) is 4.32. The van der Waals surface area contributed by atoms with Crippen molar-refractivity contribution in [1.29, 1.82) is 0 Å². The molecule has 4 heteroatoms. The summed E-state index contributed by atoms with van der Waals surface area (Å²) in [6.45, 7) is 2.89. The molecule has 2 saturated carbocycles. The first kappa shape index (κ1) is 15.0. The second-order valence-corrected chi connectivity index (χ2v) is 7.06. The highest BCUT2D eigenvalue weighted by molar-refractivity contribution is 6.30. The van der Waals surface area contributed by atoms with E-state index in [1.54, 1.807) is 19.2 Å². The summed E-state index contributed by atoms with van der Waals surface area (Å²) in [5, 5.41) is 14.3. The zero-order valence-electron chi connectivity index (χ0n) is 12.7. The van der Waals surface area contributed by atoms with Crippen LogP contribution >= 0.6 is 11.6 Å². The second-order valence-electron chi connectivity index (χ2n) is 6.62. The highest BCUT2D eigenvalue weighted by Crippen LogP contribution is 2.49. The fourth-order valence-corrected chi connectivity index (χ4v) is 4.48. The van der Waals surface area contributed by atoms with Gasteiger partial charge in [0.2, 0.25) is 0 Å². The molecule has 4 unspecified atom stereocenters. The van der Waals surface area contributed by atoms with Crippen LogP contribution in [0, 0.1) is 17.8 Å². The topological polar surface area (TPSA) is 41.5 Å². The highest BCUT2D eigenvalue weighted by Gasteiger charge is 2.41. The molecule has 116 valence electrons. The van der Waals surface area contributed by atoms with Crippen molar-refractivity contribution >= 4 is 11.6 Å². The monoisotopic (exact) mass is 309 g/mol. The number of halogens is 1. The summed E-state index contributed by atoms with van der Waals surface area (Å²) < 4.78 is 5.15. The standard InChI is InChI=1S/C17H24ClNO2/c1-10(15-6-11-3-4-12(15)5-11)19-9-13-7-14(18)8-16(21-2)17(13)20/h7-8,10-12,15,19-20H,3-6,9H2,1-2H3. The number of benzene rings is 1. The van der Waals surface area contributed by atoms with Crippen LogP contribution in [0.5, 0.6) is 11.5 Å². The number of aromatic hydroxyl groups is 1. The molecule has 0 amide bonds. The quantitative estimate of drug-likeness (QED) is 0.865. The lowest BCUT2D eigenvalue weighted by atomic mass is 9.84. The second kappa shape index (κ2) is 6.05. The molecule has 0 aliphatic heterocycles. The van der Waals surface area contributed by atoms with Crippen LogP contribution in [0.4, 0.5) is 0 Å². The fourth-order valence-electron chi connectivity index (χ4n) is 4.25. The van der Waals surface area contributed by atoms with Crippen molar-refractivity contribution < 1.29 is 9.84 Å². The Morgan fingerprint density at radius 1 is 1.38 bits per heavy atom. The van der Waals surface area contributed by atoms with Crippen LogP contribution in [-0.2, 0) is 6.54 Å². The largest absolute Gasteiger partial charge is 0.504 e. The highest BCUT2D eigenvalue weighted by atomic mass is 35.5. The number of phenolic OH excluding ortho intramolecular Hbond substituents is 1. The Bertz CT molecular complexity index is 520. The third-order valence-corrected chi connectivity index (χ3v) is 5.61. The molecule has 0 radical (unpaired) electrons. The number of ether oxygens (including phenoxy) is 1. The number of hydrogen-bond acceptors (Lipinski definition) is 3. The summed E-state index contributed by atoms with van der Waals surface area (Å²) in [6, 6.07) is 3.92. The van der Waals surface area contributed by atoms with Gasteiger partial charge in [0.1, 0.15) is 0 Å². The van der Waals surface area contributed by atoms with Crippen LogP contribution in [0.3, 0.4) is 0 Å². The average molecular weight is 310 g/mol. The van der Waals surface area contributed by atoms with E-state index in [1.807, 2.05) is 0 Å². The smallest absolute Gasteiger partial charge is 0.162 e. The first-order chi connectivity index (χ1) is 10.1. The van der Waals surface area contributed by atoms with E-state index < -0.39 is 0 Å². The third kappa shape index (κ3) is 3.00. The number of rotatable bonds is 5. The molecule has 0 aromatic heterocycles. The average Bonchev–Trinajstić information content (AvgIpc) is 3.10. The minimum Gasteiger partial charge on any atom is -0.504 e. The molecule has 3 rings (SSSR count). The van der Waals surface area contributed by atoms with Crippen LogP contribution in [0.25, 0.3) is 0 Å². The van der Waals surface area contributed by atoms with Gasteiger partial charge < -0.3 is 15.2 Å². The van der Waals surface area contributed by atoms with Crippen LogP contribution in [-0.4, -0.2) is 18.3 Å². The summed E-state index contributed by atoms with van der Waals surface area (Å²) in [5.74, 6) is 3.28. The van der Waals surface area contributed by atoms with Gasteiger partial charge >= 0.3 is 0 Å². The minimum atomic E-state index is 0.189. The van der Waals surface area contributed by atoms with Crippen LogP contribution in [0.1, 0.15) is 38.2 Å². The van der Waals surface area contributed by atoms with Crippen LogP contribution in [0.2, 0.25) is 5.02 Å². The van der Waals surface area contributed by atoms with Gasteiger partial charge in [-0.25, -0.2) is 0 Å². The molecule has 21 heavy (non-hydrogen) atoms. The van der Waals surface area contributed by atoms with Gasteiger partial charge in [-0.2, -0.15) is 0 Å². The maximum atomic E-state index is 10.2. The van der Waals surface area contributed by atoms with Gasteiger partial charge in [-0.3, -0.25) is 0 Å². The summed E-state index contributed by atoms with van der Waals surface area (Å²) in [5.41, 5.74) is 0.800. The molecule has 1 aromatic rings. The molecule has 0 spiro atoms. The maximum Gasteiger partial charge on any atom is 0.162 e. The Morgan fingerprint density at radius 2 is 2.19 bits per heavy atom. The predicted octanol–water partition coefficient (Wildman–Crippen LogP) is 3.97. The van der Waals surface area contributed by atoms with E-state index in [0.717, 1.165) is 23.3 Å².